The quantitative estimate of drug-likeness (QED) is 0.656. The number of nitrogens with zero attached hydrogens (tertiary/aromatic N) is 1. The molecule has 0 unspecified atom stereocenters. The minimum absolute atomic E-state index is 0.0413. The Labute approximate surface area is 79.0 Å². The predicted octanol–water partition coefficient (Wildman–Crippen LogP) is -0.0290. The minimum Gasteiger partial charge on any atom is -0.383 e. The van der Waals surface area contributed by atoms with Gasteiger partial charge in [-0.15, -0.1) is 0 Å². The molecule has 0 aromatic heterocycles. The lowest BCUT2D eigenvalue weighted by molar-refractivity contribution is -0.133. The molecule has 0 aromatic rings. The Balaban J connectivity index is 2.41. The van der Waals surface area contributed by atoms with Crippen molar-refractivity contribution in [1.82, 2.24) is 4.90 Å². The molecule has 0 aromatic carbocycles. The number of ether oxygens (including phenoxy) is 1. The molecular weight excluding hydrogens is 168 g/mol. The molecule has 0 saturated heterocycles. The highest BCUT2D eigenvalue weighted by atomic mass is 16.5. The zero-order valence-corrected chi connectivity index (χ0v) is 8.32. The molecule has 2 N–H and O–H groups in total. The molecule has 0 aliphatic heterocycles. The first-order valence-electron chi connectivity index (χ1n) is 4.71. The van der Waals surface area contributed by atoms with Gasteiger partial charge < -0.3 is 15.4 Å². The maximum Gasteiger partial charge on any atom is 0.239 e. The van der Waals surface area contributed by atoms with Gasteiger partial charge in [-0.3, -0.25) is 4.79 Å². The van der Waals surface area contributed by atoms with Gasteiger partial charge in [0.1, 0.15) is 0 Å². The van der Waals surface area contributed by atoms with E-state index < -0.39 is 6.04 Å². The maximum absolute atomic E-state index is 11.6. The lowest BCUT2D eigenvalue weighted by atomic mass is 10.3. The third-order valence-electron chi connectivity index (χ3n) is 2.20. The van der Waals surface area contributed by atoms with Gasteiger partial charge in [0.05, 0.1) is 12.6 Å². The Bertz CT molecular complexity index is 178. The van der Waals surface area contributed by atoms with Crippen LogP contribution in [0.3, 0.4) is 0 Å². The fourth-order valence-corrected chi connectivity index (χ4v) is 1.31. The summed E-state index contributed by atoms with van der Waals surface area (Å²) in [6.07, 6.45) is 2.23. The summed E-state index contributed by atoms with van der Waals surface area (Å²) in [7, 11) is 1.64. The van der Waals surface area contributed by atoms with E-state index in [2.05, 4.69) is 0 Å². The van der Waals surface area contributed by atoms with Crippen molar-refractivity contribution < 1.29 is 9.53 Å². The van der Waals surface area contributed by atoms with Crippen molar-refractivity contribution in [3.8, 4) is 0 Å². The van der Waals surface area contributed by atoms with E-state index in [0.717, 1.165) is 12.8 Å². The van der Waals surface area contributed by atoms with Crippen LogP contribution in [0.15, 0.2) is 0 Å². The van der Waals surface area contributed by atoms with E-state index >= 15 is 0 Å². The molecule has 4 nitrogen and oxygen atoms in total. The van der Waals surface area contributed by atoms with Crippen molar-refractivity contribution in [3.63, 3.8) is 0 Å². The third kappa shape index (κ3) is 2.97. The van der Waals surface area contributed by atoms with E-state index in [0.29, 0.717) is 19.2 Å². The van der Waals surface area contributed by atoms with Crippen LogP contribution in [0.5, 0.6) is 0 Å². The lowest BCUT2D eigenvalue weighted by Gasteiger charge is -2.23. The summed E-state index contributed by atoms with van der Waals surface area (Å²) in [6, 6.07) is 0.0334. The summed E-state index contributed by atoms with van der Waals surface area (Å²) in [5.41, 5.74) is 5.54. The number of carbonyl (C=O) groups excluding carboxylic acids is 1. The van der Waals surface area contributed by atoms with Gasteiger partial charge in [-0.05, 0) is 19.8 Å². The van der Waals surface area contributed by atoms with Crippen molar-refractivity contribution in [2.24, 2.45) is 5.73 Å². The van der Waals surface area contributed by atoms with Gasteiger partial charge in [0.15, 0.2) is 0 Å². The fourth-order valence-electron chi connectivity index (χ4n) is 1.31. The second kappa shape index (κ2) is 4.58. The smallest absolute Gasteiger partial charge is 0.239 e. The van der Waals surface area contributed by atoms with Crippen LogP contribution in [0.1, 0.15) is 19.8 Å². The van der Waals surface area contributed by atoms with E-state index in [1.165, 1.54) is 0 Å². The average Bonchev–Trinajstić information content (AvgIpc) is 2.88. The summed E-state index contributed by atoms with van der Waals surface area (Å²) in [5.74, 6) is 0.0413. The SMILES string of the molecule is COCCN(C(=O)[C@H](C)N)C1CC1. The van der Waals surface area contributed by atoms with Gasteiger partial charge in [-0.2, -0.15) is 0 Å². The molecule has 1 saturated carbocycles. The van der Waals surface area contributed by atoms with Gasteiger partial charge in [-0.25, -0.2) is 0 Å². The van der Waals surface area contributed by atoms with E-state index in [9.17, 15) is 4.79 Å². The summed E-state index contributed by atoms with van der Waals surface area (Å²) in [4.78, 5) is 13.4. The largest absolute Gasteiger partial charge is 0.383 e. The highest BCUT2D eigenvalue weighted by molar-refractivity contribution is 5.81. The van der Waals surface area contributed by atoms with Crippen molar-refractivity contribution in [1.29, 1.82) is 0 Å². The number of nitrogens with two attached hydrogens (primary N) is 1. The number of carbonyl (C=O) groups is 1. The van der Waals surface area contributed by atoms with Crippen LogP contribution < -0.4 is 5.73 Å². The molecule has 1 amide bonds. The Morgan fingerprint density at radius 2 is 2.31 bits per heavy atom. The molecule has 13 heavy (non-hydrogen) atoms. The molecule has 1 rings (SSSR count). The van der Waals surface area contributed by atoms with Crippen LogP contribution in [0.4, 0.5) is 0 Å². The monoisotopic (exact) mass is 186 g/mol. The summed E-state index contributed by atoms with van der Waals surface area (Å²) in [5, 5.41) is 0. The summed E-state index contributed by atoms with van der Waals surface area (Å²) < 4.78 is 4.95. The number of amides is 1. The molecule has 76 valence electrons. The molecule has 0 heterocycles. The normalized spacial score (nSPS) is 18.4. The molecular formula is C9H18N2O2. The Morgan fingerprint density at radius 3 is 2.69 bits per heavy atom. The molecule has 1 atom stereocenters. The first kappa shape index (κ1) is 10.5. The van der Waals surface area contributed by atoms with Crippen LogP contribution in [0.25, 0.3) is 0 Å². The van der Waals surface area contributed by atoms with E-state index in [1.54, 1.807) is 14.0 Å². The molecule has 0 spiro atoms. The van der Waals surface area contributed by atoms with Gasteiger partial charge >= 0.3 is 0 Å². The second-order valence-electron chi connectivity index (χ2n) is 3.54. The number of hydrogen-bond acceptors (Lipinski definition) is 3. The topological polar surface area (TPSA) is 55.6 Å². The van der Waals surface area contributed by atoms with Crippen molar-refractivity contribution >= 4 is 5.91 Å². The zero-order chi connectivity index (χ0) is 9.84. The first-order valence-corrected chi connectivity index (χ1v) is 4.71. The van der Waals surface area contributed by atoms with E-state index in [4.69, 9.17) is 10.5 Å². The molecule has 0 radical (unpaired) electrons. The number of hydrogen-bond donors (Lipinski definition) is 1. The van der Waals surface area contributed by atoms with Crippen molar-refractivity contribution in [2.45, 2.75) is 31.8 Å². The lowest BCUT2D eigenvalue weighted by Crippen LogP contribution is -2.44. The second-order valence-corrected chi connectivity index (χ2v) is 3.54. The maximum atomic E-state index is 11.6. The summed E-state index contributed by atoms with van der Waals surface area (Å²) in [6.45, 7) is 2.99. The van der Waals surface area contributed by atoms with Crippen LogP contribution in [-0.2, 0) is 9.53 Å². The zero-order valence-electron chi connectivity index (χ0n) is 8.32. The van der Waals surface area contributed by atoms with Crippen molar-refractivity contribution in [2.75, 3.05) is 20.3 Å². The standard InChI is InChI=1S/C9H18N2O2/c1-7(10)9(12)11(5-6-13-2)8-3-4-8/h7-8H,3-6,10H2,1-2H3/t7-/m0/s1. The molecule has 1 aliphatic carbocycles. The van der Waals surface area contributed by atoms with Gasteiger partial charge in [0.2, 0.25) is 5.91 Å². The van der Waals surface area contributed by atoms with Gasteiger partial charge in [-0.1, -0.05) is 0 Å². The fraction of sp³-hybridized carbons (Fsp3) is 0.889. The van der Waals surface area contributed by atoms with Crippen LogP contribution in [-0.4, -0.2) is 43.2 Å². The van der Waals surface area contributed by atoms with Crippen molar-refractivity contribution in [3.05, 3.63) is 0 Å². The third-order valence-corrected chi connectivity index (χ3v) is 2.20. The molecule has 1 fully saturated rings. The number of methoxy groups -OCH3 is 1. The first-order chi connectivity index (χ1) is 6.16. The Hall–Kier alpha value is -0.610. The average molecular weight is 186 g/mol. The van der Waals surface area contributed by atoms with E-state index in [1.807, 2.05) is 4.90 Å². The highest BCUT2D eigenvalue weighted by Crippen LogP contribution is 2.26. The molecule has 0 bridgehead atoms. The Kier molecular flexibility index (Phi) is 3.69. The van der Waals surface area contributed by atoms with Crippen LogP contribution >= 0.6 is 0 Å². The van der Waals surface area contributed by atoms with Crippen LogP contribution in [0, 0.1) is 0 Å². The summed E-state index contributed by atoms with van der Waals surface area (Å²) >= 11 is 0. The predicted molar refractivity (Wildman–Crippen MR) is 50.3 cm³/mol. The van der Waals surface area contributed by atoms with Gasteiger partial charge in [0, 0.05) is 19.7 Å². The number of rotatable bonds is 5. The van der Waals surface area contributed by atoms with E-state index in [-0.39, 0.29) is 5.91 Å². The van der Waals surface area contributed by atoms with Crippen LogP contribution in [0.2, 0.25) is 0 Å². The molecule has 4 heteroatoms. The highest BCUT2D eigenvalue weighted by Gasteiger charge is 2.33. The van der Waals surface area contributed by atoms with Gasteiger partial charge in [0.25, 0.3) is 0 Å². The molecule has 1 aliphatic rings. The Morgan fingerprint density at radius 1 is 1.69 bits per heavy atom. The minimum atomic E-state index is -0.391.